The van der Waals surface area contributed by atoms with Crippen LogP contribution in [0.5, 0.6) is 0 Å². The van der Waals surface area contributed by atoms with Crippen LogP contribution in [-0.2, 0) is 16.0 Å². The lowest BCUT2D eigenvalue weighted by Crippen LogP contribution is -2.49. The summed E-state index contributed by atoms with van der Waals surface area (Å²) < 4.78 is 0. The minimum atomic E-state index is -0.120. The number of amides is 2. The number of carbonyl (C=O) groups excluding carboxylic acids is 2. The summed E-state index contributed by atoms with van der Waals surface area (Å²) in [5, 5.41) is 0. The lowest BCUT2D eigenvalue weighted by Gasteiger charge is -2.34. The molecule has 2 amide bonds. The summed E-state index contributed by atoms with van der Waals surface area (Å²) in [4.78, 5) is 32.0. The number of para-hydroxylation sites is 1. The number of benzene rings is 1. The minimum absolute atomic E-state index is 0.0966. The summed E-state index contributed by atoms with van der Waals surface area (Å²) in [7, 11) is 0. The minimum Gasteiger partial charge on any atom is -0.340 e. The molecule has 1 aliphatic carbocycles. The third-order valence-corrected chi connectivity index (χ3v) is 6.00. The molecule has 1 aromatic rings. The van der Waals surface area contributed by atoms with Crippen LogP contribution >= 0.6 is 0 Å². The topological polar surface area (TPSA) is 43.9 Å². The molecular weight excluding hydrogens is 314 g/mol. The van der Waals surface area contributed by atoms with Gasteiger partial charge in [0.25, 0.3) is 0 Å². The summed E-state index contributed by atoms with van der Waals surface area (Å²) in [6.07, 6.45) is 1.63. The van der Waals surface area contributed by atoms with Gasteiger partial charge in [-0.2, -0.15) is 0 Å². The van der Waals surface area contributed by atoms with Crippen LogP contribution in [0.1, 0.15) is 25.8 Å². The first-order chi connectivity index (χ1) is 12.1. The Morgan fingerprint density at radius 3 is 2.44 bits per heavy atom. The van der Waals surface area contributed by atoms with Crippen molar-refractivity contribution in [3.8, 4) is 0 Å². The third kappa shape index (κ3) is 2.95. The van der Waals surface area contributed by atoms with Crippen LogP contribution in [0.15, 0.2) is 24.3 Å². The van der Waals surface area contributed by atoms with Crippen molar-refractivity contribution in [3.63, 3.8) is 0 Å². The van der Waals surface area contributed by atoms with E-state index in [4.69, 9.17) is 0 Å². The predicted molar refractivity (Wildman–Crippen MR) is 97.4 cm³/mol. The number of nitrogens with zero attached hydrogens (tertiary/aromatic N) is 3. The van der Waals surface area contributed by atoms with Gasteiger partial charge in [-0.15, -0.1) is 0 Å². The van der Waals surface area contributed by atoms with Gasteiger partial charge in [0.1, 0.15) is 0 Å². The van der Waals surface area contributed by atoms with E-state index in [-0.39, 0.29) is 29.7 Å². The van der Waals surface area contributed by atoms with Crippen molar-refractivity contribution in [1.29, 1.82) is 0 Å². The molecule has 1 aromatic carbocycles. The van der Waals surface area contributed by atoms with Crippen LogP contribution in [0.2, 0.25) is 0 Å². The largest absolute Gasteiger partial charge is 0.340 e. The van der Waals surface area contributed by atoms with E-state index in [2.05, 4.69) is 24.8 Å². The molecule has 4 rings (SSSR count). The second-order valence-corrected chi connectivity index (χ2v) is 7.60. The average Bonchev–Trinajstić information content (AvgIpc) is 3.36. The average molecular weight is 341 g/mol. The molecular formula is C20H27N3O2. The number of rotatable bonds is 3. The van der Waals surface area contributed by atoms with Crippen LogP contribution in [0, 0.1) is 11.8 Å². The van der Waals surface area contributed by atoms with Gasteiger partial charge >= 0.3 is 0 Å². The Hall–Kier alpha value is -1.88. The summed E-state index contributed by atoms with van der Waals surface area (Å²) in [5.74, 6) is 0.114. The molecule has 25 heavy (non-hydrogen) atoms. The molecule has 0 bridgehead atoms. The van der Waals surface area contributed by atoms with Crippen molar-refractivity contribution in [2.24, 2.45) is 11.8 Å². The summed E-state index contributed by atoms with van der Waals surface area (Å²) >= 11 is 0. The number of hydrogen-bond acceptors (Lipinski definition) is 3. The first-order valence-corrected chi connectivity index (χ1v) is 9.52. The van der Waals surface area contributed by atoms with E-state index in [9.17, 15) is 9.59 Å². The van der Waals surface area contributed by atoms with Crippen LogP contribution in [0.3, 0.4) is 0 Å². The Morgan fingerprint density at radius 2 is 1.72 bits per heavy atom. The van der Waals surface area contributed by atoms with Gasteiger partial charge in [0.05, 0.1) is 11.8 Å². The number of piperazine rings is 1. The van der Waals surface area contributed by atoms with E-state index in [1.807, 2.05) is 28.0 Å². The summed E-state index contributed by atoms with van der Waals surface area (Å²) in [6.45, 7) is 8.79. The Labute approximate surface area is 149 Å². The maximum atomic E-state index is 13.0. The Bertz CT molecular complexity index is 681. The van der Waals surface area contributed by atoms with E-state index >= 15 is 0 Å². The highest BCUT2D eigenvalue weighted by molar-refractivity contribution is 6.02. The predicted octanol–water partition coefficient (Wildman–Crippen LogP) is 1.76. The fourth-order valence-electron chi connectivity index (χ4n) is 4.34. The Kier molecular flexibility index (Phi) is 4.28. The van der Waals surface area contributed by atoms with E-state index in [1.165, 1.54) is 5.56 Å². The zero-order valence-electron chi connectivity index (χ0n) is 15.1. The zero-order chi connectivity index (χ0) is 17.6. The highest BCUT2D eigenvalue weighted by Crippen LogP contribution is 2.44. The van der Waals surface area contributed by atoms with E-state index in [0.717, 1.165) is 51.3 Å². The molecule has 0 radical (unpaired) electrons. The fourth-order valence-corrected chi connectivity index (χ4v) is 4.34. The molecule has 5 nitrogen and oxygen atoms in total. The lowest BCUT2D eigenvalue weighted by atomic mass is 10.1. The molecule has 134 valence electrons. The molecule has 0 N–H and O–H groups in total. The SMILES string of the molecule is CCN1CCN(C(=O)C2CC2C(=O)N2c3ccccc3CC2C)CC1. The molecule has 3 atom stereocenters. The number of carbonyl (C=O) groups is 2. The van der Waals surface area contributed by atoms with Crippen molar-refractivity contribution in [3.05, 3.63) is 29.8 Å². The molecule has 1 saturated heterocycles. The first kappa shape index (κ1) is 16.6. The molecule has 3 unspecified atom stereocenters. The highest BCUT2D eigenvalue weighted by atomic mass is 16.2. The van der Waals surface area contributed by atoms with E-state index in [0.29, 0.717) is 0 Å². The molecule has 0 aromatic heterocycles. The maximum absolute atomic E-state index is 13.0. The molecule has 1 saturated carbocycles. The molecule has 3 aliphatic rings. The summed E-state index contributed by atoms with van der Waals surface area (Å²) in [6, 6.07) is 8.33. The summed E-state index contributed by atoms with van der Waals surface area (Å²) in [5.41, 5.74) is 2.28. The van der Waals surface area contributed by atoms with Crippen LogP contribution in [-0.4, -0.2) is 60.4 Å². The highest BCUT2D eigenvalue weighted by Gasteiger charge is 2.52. The number of hydrogen-bond donors (Lipinski definition) is 0. The van der Waals surface area contributed by atoms with Crippen molar-refractivity contribution in [2.75, 3.05) is 37.6 Å². The third-order valence-electron chi connectivity index (χ3n) is 6.00. The van der Waals surface area contributed by atoms with Crippen LogP contribution in [0.25, 0.3) is 0 Å². The Morgan fingerprint density at radius 1 is 1.04 bits per heavy atom. The van der Waals surface area contributed by atoms with Crippen molar-refractivity contribution < 1.29 is 9.59 Å². The van der Waals surface area contributed by atoms with E-state index < -0.39 is 0 Å². The first-order valence-electron chi connectivity index (χ1n) is 9.52. The second kappa shape index (κ2) is 6.45. The van der Waals surface area contributed by atoms with Gasteiger partial charge in [0.2, 0.25) is 11.8 Å². The quantitative estimate of drug-likeness (QED) is 0.842. The molecule has 2 fully saturated rings. The van der Waals surface area contributed by atoms with Gasteiger partial charge in [-0.05, 0) is 37.9 Å². The maximum Gasteiger partial charge on any atom is 0.231 e. The van der Waals surface area contributed by atoms with Crippen LogP contribution < -0.4 is 4.90 Å². The van der Waals surface area contributed by atoms with Crippen molar-refractivity contribution >= 4 is 17.5 Å². The van der Waals surface area contributed by atoms with Gasteiger partial charge in [-0.3, -0.25) is 9.59 Å². The second-order valence-electron chi connectivity index (χ2n) is 7.60. The van der Waals surface area contributed by atoms with Gasteiger partial charge in [0.15, 0.2) is 0 Å². The molecule has 2 aliphatic heterocycles. The zero-order valence-corrected chi connectivity index (χ0v) is 15.1. The number of fused-ring (bicyclic) bond motifs is 1. The molecule has 0 spiro atoms. The van der Waals surface area contributed by atoms with E-state index in [1.54, 1.807) is 0 Å². The number of anilines is 1. The Balaban J connectivity index is 1.40. The molecule has 5 heteroatoms. The smallest absolute Gasteiger partial charge is 0.231 e. The number of likely N-dealkylation sites (N-methyl/N-ethyl adjacent to an activating group) is 1. The monoisotopic (exact) mass is 341 g/mol. The van der Waals surface area contributed by atoms with Gasteiger partial charge in [-0.1, -0.05) is 25.1 Å². The molecule has 2 heterocycles. The van der Waals surface area contributed by atoms with Gasteiger partial charge < -0.3 is 14.7 Å². The van der Waals surface area contributed by atoms with Crippen molar-refractivity contribution in [1.82, 2.24) is 9.80 Å². The van der Waals surface area contributed by atoms with Crippen LogP contribution in [0.4, 0.5) is 5.69 Å². The van der Waals surface area contributed by atoms with Gasteiger partial charge in [0, 0.05) is 37.9 Å². The normalized spacial score (nSPS) is 28.8. The standard InChI is InChI=1S/C20H27N3O2/c1-3-21-8-10-22(11-9-21)19(24)16-13-17(16)20(25)23-14(2)12-15-6-4-5-7-18(15)23/h4-7,14,16-17H,3,8-13H2,1-2H3. The fraction of sp³-hybridized carbons (Fsp3) is 0.600. The lowest BCUT2D eigenvalue weighted by molar-refractivity contribution is -0.136. The van der Waals surface area contributed by atoms with Crippen molar-refractivity contribution in [2.45, 2.75) is 32.7 Å². The van der Waals surface area contributed by atoms with Gasteiger partial charge in [-0.25, -0.2) is 0 Å².